The van der Waals surface area contributed by atoms with Crippen LogP contribution in [0.1, 0.15) is 15.9 Å². The molecule has 2 amide bonds. The van der Waals surface area contributed by atoms with Crippen LogP contribution in [0.2, 0.25) is 10.0 Å². The number of halogens is 2. The van der Waals surface area contributed by atoms with Gasteiger partial charge in [0.05, 0.1) is 16.5 Å². The summed E-state index contributed by atoms with van der Waals surface area (Å²) in [5.74, 6) is -0.499. The Kier molecular flexibility index (Phi) is 4.92. The highest BCUT2D eigenvalue weighted by Gasteiger charge is 2.26. The van der Waals surface area contributed by atoms with Crippen LogP contribution >= 0.6 is 23.2 Å². The Hall–Kier alpha value is -2.24. The van der Waals surface area contributed by atoms with Crippen LogP contribution in [0.3, 0.4) is 0 Å². The van der Waals surface area contributed by atoms with Crippen LogP contribution in [0.25, 0.3) is 0 Å². The predicted octanol–water partition coefficient (Wildman–Crippen LogP) is 3.01. The zero-order valence-electron chi connectivity index (χ0n) is 12.5. The Labute approximate surface area is 148 Å². The van der Waals surface area contributed by atoms with Gasteiger partial charge in [0.25, 0.3) is 5.91 Å². The lowest BCUT2D eigenvalue weighted by Gasteiger charge is -2.24. The molecular formula is C17H14Cl2N2O3. The van der Waals surface area contributed by atoms with Gasteiger partial charge >= 0.3 is 0 Å². The van der Waals surface area contributed by atoms with Gasteiger partial charge in [0.1, 0.15) is 12.4 Å². The number of hydrogen-bond acceptors (Lipinski definition) is 3. The highest BCUT2D eigenvalue weighted by Crippen LogP contribution is 2.29. The molecule has 1 aliphatic heterocycles. The first-order valence-corrected chi connectivity index (χ1v) is 8.06. The number of ether oxygens (including phenoxy) is 1. The maximum Gasteiger partial charge on any atom is 0.271 e. The molecule has 0 saturated heterocycles. The average molecular weight is 365 g/mol. The Morgan fingerprint density at radius 1 is 1.08 bits per heavy atom. The van der Waals surface area contributed by atoms with Crippen LogP contribution in [0.4, 0.5) is 0 Å². The fraction of sp³-hybridized carbons (Fsp3) is 0.176. The van der Waals surface area contributed by atoms with Crippen LogP contribution < -0.4 is 15.6 Å². The largest absolute Gasteiger partial charge is 0.492 e. The van der Waals surface area contributed by atoms with E-state index in [0.717, 1.165) is 11.3 Å². The van der Waals surface area contributed by atoms with Crippen molar-refractivity contribution in [2.75, 3.05) is 6.61 Å². The molecule has 1 heterocycles. The summed E-state index contributed by atoms with van der Waals surface area (Å²) in [6.07, 6.45) is 0.490. The smallest absolute Gasteiger partial charge is 0.271 e. The first kappa shape index (κ1) is 16.6. The Morgan fingerprint density at radius 2 is 1.88 bits per heavy atom. The van der Waals surface area contributed by atoms with E-state index in [4.69, 9.17) is 27.9 Å². The topological polar surface area (TPSA) is 67.4 Å². The van der Waals surface area contributed by atoms with Gasteiger partial charge in [-0.1, -0.05) is 35.3 Å². The van der Waals surface area contributed by atoms with Crippen molar-refractivity contribution in [1.29, 1.82) is 0 Å². The van der Waals surface area contributed by atoms with Gasteiger partial charge in [0.2, 0.25) is 5.91 Å². The molecule has 0 radical (unpaired) electrons. The molecule has 2 N–H and O–H groups in total. The molecule has 5 nitrogen and oxygen atoms in total. The number of amides is 2. The molecule has 0 spiro atoms. The standard InChI is InChI=1S/C17H14Cl2N2O3/c18-12-5-6-15-10(8-12)7-11(9-24-15)16(22)20-21-17(23)13-3-1-2-4-14(13)19/h1-6,8,11H,7,9H2,(H,20,22)(H,21,23)/t11-/m1/s1. The third-order valence-corrected chi connectivity index (χ3v) is 4.28. The van der Waals surface area contributed by atoms with Gasteiger partial charge in [-0.3, -0.25) is 20.4 Å². The van der Waals surface area contributed by atoms with Crippen molar-refractivity contribution in [1.82, 2.24) is 10.9 Å². The summed E-state index contributed by atoms with van der Waals surface area (Å²) in [6.45, 7) is 0.239. The van der Waals surface area contributed by atoms with Gasteiger partial charge in [-0.15, -0.1) is 0 Å². The molecule has 2 aromatic carbocycles. The molecule has 1 atom stereocenters. The number of hydrazine groups is 1. The van der Waals surface area contributed by atoms with Crippen molar-refractivity contribution in [2.45, 2.75) is 6.42 Å². The molecule has 1 aliphatic rings. The maximum absolute atomic E-state index is 12.2. The van der Waals surface area contributed by atoms with Crippen LogP contribution in [-0.4, -0.2) is 18.4 Å². The van der Waals surface area contributed by atoms with Gasteiger partial charge < -0.3 is 4.74 Å². The van der Waals surface area contributed by atoms with E-state index in [1.54, 1.807) is 42.5 Å². The molecule has 0 aromatic heterocycles. The third-order valence-electron chi connectivity index (χ3n) is 3.72. The minimum absolute atomic E-state index is 0.239. The maximum atomic E-state index is 12.2. The first-order valence-electron chi connectivity index (χ1n) is 7.30. The van der Waals surface area contributed by atoms with E-state index in [0.29, 0.717) is 16.5 Å². The number of carbonyl (C=O) groups is 2. The van der Waals surface area contributed by atoms with Gasteiger partial charge in [0.15, 0.2) is 0 Å². The Balaban J connectivity index is 1.60. The van der Waals surface area contributed by atoms with E-state index < -0.39 is 11.8 Å². The SMILES string of the molecule is O=C(NNC(=O)[C@H]1COc2ccc(Cl)cc2C1)c1ccccc1Cl. The quantitative estimate of drug-likeness (QED) is 0.804. The van der Waals surface area contributed by atoms with Crippen molar-refractivity contribution in [3.8, 4) is 5.75 Å². The minimum Gasteiger partial charge on any atom is -0.492 e. The Bertz CT molecular complexity index is 795. The van der Waals surface area contributed by atoms with Crippen molar-refractivity contribution in [3.63, 3.8) is 0 Å². The van der Waals surface area contributed by atoms with Crippen LogP contribution in [0.15, 0.2) is 42.5 Å². The van der Waals surface area contributed by atoms with Gasteiger partial charge in [0, 0.05) is 5.02 Å². The number of rotatable bonds is 2. The summed E-state index contributed by atoms with van der Waals surface area (Å²) in [6, 6.07) is 11.9. The van der Waals surface area contributed by atoms with Crippen LogP contribution in [0.5, 0.6) is 5.75 Å². The van der Waals surface area contributed by atoms with Gasteiger partial charge in [-0.2, -0.15) is 0 Å². The van der Waals surface area contributed by atoms with Crippen molar-refractivity contribution in [2.24, 2.45) is 5.92 Å². The first-order chi connectivity index (χ1) is 11.5. The summed E-state index contributed by atoms with van der Waals surface area (Å²) in [4.78, 5) is 24.3. The van der Waals surface area contributed by atoms with E-state index in [-0.39, 0.29) is 18.1 Å². The van der Waals surface area contributed by atoms with E-state index in [9.17, 15) is 9.59 Å². The number of benzene rings is 2. The molecule has 24 heavy (non-hydrogen) atoms. The number of carbonyl (C=O) groups excluding carboxylic acids is 2. The number of hydrogen-bond donors (Lipinski definition) is 2. The lowest BCUT2D eigenvalue weighted by molar-refractivity contribution is -0.127. The number of nitrogens with one attached hydrogen (secondary N) is 2. The molecular weight excluding hydrogens is 351 g/mol. The fourth-order valence-corrected chi connectivity index (χ4v) is 2.88. The summed E-state index contributed by atoms with van der Waals surface area (Å²) >= 11 is 11.9. The highest BCUT2D eigenvalue weighted by atomic mass is 35.5. The lowest BCUT2D eigenvalue weighted by atomic mass is 9.96. The fourth-order valence-electron chi connectivity index (χ4n) is 2.46. The molecule has 3 rings (SSSR count). The summed E-state index contributed by atoms with van der Waals surface area (Å²) in [5, 5.41) is 0.902. The van der Waals surface area contributed by atoms with E-state index >= 15 is 0 Å². The second-order valence-electron chi connectivity index (χ2n) is 5.39. The monoisotopic (exact) mass is 364 g/mol. The zero-order valence-corrected chi connectivity index (χ0v) is 14.0. The van der Waals surface area contributed by atoms with Gasteiger partial charge in [-0.25, -0.2) is 0 Å². The summed E-state index contributed by atoms with van der Waals surface area (Å²) < 4.78 is 5.57. The zero-order chi connectivity index (χ0) is 17.1. The molecule has 124 valence electrons. The molecule has 2 aromatic rings. The highest BCUT2D eigenvalue weighted by molar-refractivity contribution is 6.33. The second-order valence-corrected chi connectivity index (χ2v) is 6.23. The molecule has 7 heteroatoms. The minimum atomic E-state index is -0.478. The van der Waals surface area contributed by atoms with Crippen molar-refractivity contribution < 1.29 is 14.3 Å². The lowest BCUT2D eigenvalue weighted by Crippen LogP contribution is -2.47. The van der Waals surface area contributed by atoms with Crippen LogP contribution in [-0.2, 0) is 11.2 Å². The summed E-state index contributed by atoms with van der Waals surface area (Å²) in [5.41, 5.74) is 5.94. The normalized spacial score (nSPS) is 15.8. The van der Waals surface area contributed by atoms with Crippen molar-refractivity contribution >= 4 is 35.0 Å². The predicted molar refractivity (Wildman–Crippen MR) is 91.2 cm³/mol. The molecule has 0 aliphatic carbocycles. The molecule has 0 unspecified atom stereocenters. The Morgan fingerprint density at radius 3 is 2.67 bits per heavy atom. The summed E-state index contributed by atoms with van der Waals surface area (Å²) in [7, 11) is 0. The van der Waals surface area contributed by atoms with Crippen molar-refractivity contribution in [3.05, 3.63) is 63.6 Å². The van der Waals surface area contributed by atoms with E-state index in [1.807, 2.05) is 0 Å². The molecule has 0 fully saturated rings. The van der Waals surface area contributed by atoms with E-state index in [2.05, 4.69) is 10.9 Å². The third kappa shape index (κ3) is 3.63. The molecule has 0 bridgehead atoms. The van der Waals surface area contributed by atoms with E-state index in [1.165, 1.54) is 0 Å². The van der Waals surface area contributed by atoms with Crippen LogP contribution in [0, 0.1) is 5.92 Å². The molecule has 0 saturated carbocycles. The average Bonchev–Trinajstić information content (AvgIpc) is 2.59. The van der Waals surface area contributed by atoms with Gasteiger partial charge in [-0.05, 0) is 42.3 Å². The second kappa shape index (κ2) is 7.11. The number of fused-ring (bicyclic) bond motifs is 1.